The Morgan fingerprint density at radius 2 is 1.67 bits per heavy atom. The molecule has 0 radical (unpaired) electrons. The number of aliphatic imine (C=N–C) groups is 1. The van der Waals surface area contributed by atoms with Crippen LogP contribution < -0.4 is 14.2 Å². The average molecular weight is 405 g/mol. The fourth-order valence-electron chi connectivity index (χ4n) is 2.78. The first kappa shape index (κ1) is 19.3. The summed E-state index contributed by atoms with van der Waals surface area (Å²) in [6, 6.07) is 18.1. The maximum atomic E-state index is 12.1. The van der Waals surface area contributed by atoms with Crippen LogP contribution in [-0.2, 0) is 9.53 Å². The molecular formula is C23H19NO6. The highest BCUT2D eigenvalue weighted by molar-refractivity contribution is 6.11. The van der Waals surface area contributed by atoms with Gasteiger partial charge in [-0.15, -0.1) is 0 Å². The number of benzene rings is 2. The fourth-order valence-corrected chi connectivity index (χ4v) is 2.78. The number of cyclic esters (lactones) is 1. The van der Waals surface area contributed by atoms with Crippen molar-refractivity contribution in [3.05, 3.63) is 83.9 Å². The van der Waals surface area contributed by atoms with Crippen LogP contribution in [0.5, 0.6) is 17.2 Å². The highest BCUT2D eigenvalue weighted by atomic mass is 16.6. The number of hydrogen-bond donors (Lipinski definition) is 0. The van der Waals surface area contributed by atoms with Crippen LogP contribution in [0.4, 0.5) is 0 Å². The zero-order chi connectivity index (χ0) is 20.8. The van der Waals surface area contributed by atoms with Crippen LogP contribution in [0, 0.1) is 0 Å². The summed E-state index contributed by atoms with van der Waals surface area (Å²) in [5.74, 6) is 2.12. The predicted octanol–water partition coefficient (Wildman–Crippen LogP) is 4.09. The summed E-state index contributed by atoms with van der Waals surface area (Å²) in [5.41, 5.74) is 0.956. The third kappa shape index (κ3) is 4.70. The second kappa shape index (κ2) is 9.00. The van der Waals surface area contributed by atoms with Gasteiger partial charge in [0.2, 0.25) is 0 Å². The van der Waals surface area contributed by atoms with E-state index >= 15 is 0 Å². The quantitative estimate of drug-likeness (QED) is 0.319. The summed E-state index contributed by atoms with van der Waals surface area (Å²) in [6.07, 6.45) is 3.13. The summed E-state index contributed by atoms with van der Waals surface area (Å²) >= 11 is 0. The van der Waals surface area contributed by atoms with Gasteiger partial charge in [-0.2, -0.15) is 0 Å². The molecule has 0 aliphatic carbocycles. The van der Waals surface area contributed by atoms with Gasteiger partial charge in [-0.3, -0.25) is 0 Å². The van der Waals surface area contributed by atoms with Crippen molar-refractivity contribution in [1.29, 1.82) is 0 Å². The van der Waals surface area contributed by atoms with Crippen LogP contribution in [0.25, 0.3) is 6.08 Å². The number of hydrogen-bond acceptors (Lipinski definition) is 7. The standard InChI is InChI=1S/C23H19NO6/c1-26-17-6-3-8-19(15-17)28-12-11-27-18-7-2-5-16(13-18)14-20-23(25)30-22(24-20)21-9-4-10-29-21/h2-10,13-15H,11-12H2,1H3/b20-14-. The lowest BCUT2D eigenvalue weighted by Crippen LogP contribution is -2.09. The van der Waals surface area contributed by atoms with Crippen molar-refractivity contribution >= 4 is 17.9 Å². The number of furan rings is 1. The number of esters is 1. The average Bonchev–Trinajstić information content (AvgIpc) is 3.42. The first-order chi connectivity index (χ1) is 14.7. The lowest BCUT2D eigenvalue weighted by atomic mass is 10.2. The van der Waals surface area contributed by atoms with E-state index in [-0.39, 0.29) is 11.6 Å². The number of ether oxygens (including phenoxy) is 4. The highest BCUT2D eigenvalue weighted by Gasteiger charge is 2.25. The number of nitrogens with zero attached hydrogens (tertiary/aromatic N) is 1. The molecule has 0 fully saturated rings. The molecule has 1 aliphatic rings. The molecular weight excluding hydrogens is 386 g/mol. The minimum Gasteiger partial charge on any atom is -0.497 e. The Kier molecular flexibility index (Phi) is 5.80. The molecule has 4 rings (SSSR count). The third-order valence-electron chi connectivity index (χ3n) is 4.18. The lowest BCUT2D eigenvalue weighted by molar-refractivity contribution is -0.130. The molecule has 0 atom stereocenters. The maximum Gasteiger partial charge on any atom is 0.363 e. The van der Waals surface area contributed by atoms with Gasteiger partial charge < -0.3 is 23.4 Å². The highest BCUT2D eigenvalue weighted by Crippen LogP contribution is 2.22. The van der Waals surface area contributed by atoms with Crippen molar-refractivity contribution < 1.29 is 28.2 Å². The Labute approximate surface area is 173 Å². The molecule has 0 saturated heterocycles. The first-order valence-electron chi connectivity index (χ1n) is 9.27. The normalized spacial score (nSPS) is 14.4. The Morgan fingerprint density at radius 3 is 2.40 bits per heavy atom. The molecule has 0 spiro atoms. The predicted molar refractivity (Wildman–Crippen MR) is 110 cm³/mol. The van der Waals surface area contributed by atoms with E-state index in [2.05, 4.69) is 4.99 Å². The fraction of sp³-hybridized carbons (Fsp3) is 0.130. The van der Waals surface area contributed by atoms with Crippen molar-refractivity contribution in [2.45, 2.75) is 0 Å². The summed E-state index contributed by atoms with van der Waals surface area (Å²) in [6.45, 7) is 0.738. The maximum absolute atomic E-state index is 12.1. The van der Waals surface area contributed by atoms with Crippen molar-refractivity contribution in [2.24, 2.45) is 4.99 Å². The van der Waals surface area contributed by atoms with E-state index in [1.54, 1.807) is 25.3 Å². The minimum atomic E-state index is -0.528. The van der Waals surface area contributed by atoms with Gasteiger partial charge in [0.15, 0.2) is 11.5 Å². The summed E-state index contributed by atoms with van der Waals surface area (Å²) < 4.78 is 26.9. The van der Waals surface area contributed by atoms with Crippen molar-refractivity contribution in [3.8, 4) is 17.2 Å². The van der Waals surface area contributed by atoms with E-state index in [0.29, 0.717) is 30.5 Å². The van der Waals surface area contributed by atoms with Gasteiger partial charge in [0, 0.05) is 6.07 Å². The van der Waals surface area contributed by atoms with Crippen molar-refractivity contribution in [3.63, 3.8) is 0 Å². The molecule has 3 aromatic rings. The van der Waals surface area contributed by atoms with E-state index < -0.39 is 5.97 Å². The number of methoxy groups -OCH3 is 1. The number of carbonyl (C=O) groups is 1. The van der Waals surface area contributed by atoms with E-state index in [1.165, 1.54) is 6.26 Å². The van der Waals surface area contributed by atoms with Gasteiger partial charge in [0.25, 0.3) is 5.90 Å². The number of rotatable bonds is 8. The van der Waals surface area contributed by atoms with Gasteiger partial charge in [0.1, 0.15) is 30.5 Å². The molecule has 0 amide bonds. The summed E-state index contributed by atoms with van der Waals surface area (Å²) in [5, 5.41) is 0. The van der Waals surface area contributed by atoms with E-state index in [1.807, 2.05) is 48.5 Å². The lowest BCUT2D eigenvalue weighted by Gasteiger charge is -2.09. The molecule has 0 bridgehead atoms. The SMILES string of the molecule is COc1cccc(OCCOc2cccc(/C=C3\N=C(c4ccco4)OC3=O)c2)c1. The molecule has 152 valence electrons. The Morgan fingerprint density at radius 1 is 0.933 bits per heavy atom. The molecule has 7 nitrogen and oxygen atoms in total. The zero-order valence-electron chi connectivity index (χ0n) is 16.2. The van der Waals surface area contributed by atoms with Crippen molar-refractivity contribution in [2.75, 3.05) is 20.3 Å². The summed E-state index contributed by atoms with van der Waals surface area (Å²) in [4.78, 5) is 16.3. The molecule has 1 aliphatic heterocycles. The number of carbonyl (C=O) groups excluding carboxylic acids is 1. The molecule has 7 heteroatoms. The molecule has 30 heavy (non-hydrogen) atoms. The van der Waals surface area contributed by atoms with Gasteiger partial charge >= 0.3 is 5.97 Å². The van der Waals surface area contributed by atoms with Gasteiger partial charge in [-0.05, 0) is 48.0 Å². The van der Waals surface area contributed by atoms with Gasteiger partial charge in [0.05, 0.1) is 13.4 Å². The molecule has 0 unspecified atom stereocenters. The minimum absolute atomic E-state index is 0.151. The molecule has 1 aromatic heterocycles. The van der Waals surface area contributed by atoms with Crippen LogP contribution >= 0.6 is 0 Å². The largest absolute Gasteiger partial charge is 0.497 e. The Bertz CT molecular complexity index is 1080. The van der Waals surface area contributed by atoms with Crippen molar-refractivity contribution in [1.82, 2.24) is 0 Å². The molecule has 2 aromatic carbocycles. The monoisotopic (exact) mass is 405 g/mol. The van der Waals surface area contributed by atoms with Crippen LogP contribution in [0.15, 0.2) is 82.0 Å². The van der Waals surface area contributed by atoms with Crippen LogP contribution in [0.2, 0.25) is 0 Å². The van der Waals surface area contributed by atoms with E-state index in [9.17, 15) is 4.79 Å². The first-order valence-corrected chi connectivity index (χ1v) is 9.27. The molecule has 2 heterocycles. The summed E-state index contributed by atoms with van der Waals surface area (Å²) in [7, 11) is 1.61. The van der Waals surface area contributed by atoms with Crippen LogP contribution in [-0.4, -0.2) is 32.2 Å². The zero-order valence-corrected chi connectivity index (χ0v) is 16.2. The Balaban J connectivity index is 1.36. The van der Waals surface area contributed by atoms with E-state index in [0.717, 1.165) is 11.3 Å². The van der Waals surface area contributed by atoms with Crippen LogP contribution in [0.3, 0.4) is 0 Å². The second-order valence-electron chi connectivity index (χ2n) is 6.26. The molecule has 0 saturated carbocycles. The third-order valence-corrected chi connectivity index (χ3v) is 4.18. The van der Waals surface area contributed by atoms with Crippen LogP contribution in [0.1, 0.15) is 11.3 Å². The smallest absolute Gasteiger partial charge is 0.363 e. The van der Waals surface area contributed by atoms with Gasteiger partial charge in [-0.25, -0.2) is 9.79 Å². The second-order valence-corrected chi connectivity index (χ2v) is 6.26. The Hall–Kier alpha value is -4.00. The molecule has 0 N–H and O–H groups in total. The topological polar surface area (TPSA) is 79.5 Å². The van der Waals surface area contributed by atoms with Gasteiger partial charge in [-0.1, -0.05) is 18.2 Å². The van der Waals surface area contributed by atoms with E-state index in [4.69, 9.17) is 23.4 Å².